The third-order valence-electron chi connectivity index (χ3n) is 7.09. The Hall–Kier alpha value is -3.56. The second-order valence-corrected chi connectivity index (χ2v) is 11.1. The highest BCUT2D eigenvalue weighted by Crippen LogP contribution is 2.32. The predicted molar refractivity (Wildman–Crippen MR) is 168 cm³/mol. The molecule has 4 heteroatoms. The van der Waals surface area contributed by atoms with Gasteiger partial charge in [-0.3, -0.25) is 0 Å². The van der Waals surface area contributed by atoms with E-state index in [1.54, 1.807) is 0 Å². The number of hydrogen-bond acceptors (Lipinski definition) is 3. The highest BCUT2D eigenvalue weighted by molar-refractivity contribution is 6.33. The van der Waals surface area contributed by atoms with Gasteiger partial charge in [0.05, 0.1) is 13.2 Å². The zero-order valence-electron chi connectivity index (χ0n) is 23.6. The summed E-state index contributed by atoms with van der Waals surface area (Å²) in [4.78, 5) is 11.1. The van der Waals surface area contributed by atoms with Crippen LogP contribution in [-0.2, 0) is 16.0 Å². The lowest BCUT2D eigenvalue weighted by molar-refractivity contribution is -0.137. The Bertz CT molecular complexity index is 1420. The van der Waals surface area contributed by atoms with Crippen molar-refractivity contribution in [3.05, 3.63) is 102 Å². The molecule has 4 rings (SSSR count). The van der Waals surface area contributed by atoms with Crippen molar-refractivity contribution in [2.45, 2.75) is 52.4 Å². The van der Waals surface area contributed by atoms with Crippen LogP contribution in [0.4, 0.5) is 0 Å². The summed E-state index contributed by atoms with van der Waals surface area (Å²) < 4.78 is 10.9. The van der Waals surface area contributed by atoms with Gasteiger partial charge in [-0.15, -0.1) is 0 Å². The van der Waals surface area contributed by atoms with Gasteiger partial charge in [-0.1, -0.05) is 99.5 Å². The molecule has 0 spiro atoms. The fourth-order valence-corrected chi connectivity index (χ4v) is 5.10. The number of hydrogen-bond donors (Lipinski definition) is 0. The van der Waals surface area contributed by atoms with Crippen LogP contribution in [0.2, 0.25) is 5.02 Å². The minimum atomic E-state index is -0.386. The van der Waals surface area contributed by atoms with Crippen LogP contribution in [0.25, 0.3) is 33.0 Å². The van der Waals surface area contributed by atoms with Gasteiger partial charge in [0, 0.05) is 16.7 Å². The number of carbonyl (C=O) groups excluding carboxylic acids is 1. The van der Waals surface area contributed by atoms with Crippen molar-refractivity contribution in [1.29, 1.82) is 0 Å². The summed E-state index contributed by atoms with van der Waals surface area (Å²) in [5, 5.41) is 3.11. The predicted octanol–water partition coefficient (Wildman–Crippen LogP) is 10.1. The fraction of sp³-hybridized carbons (Fsp3) is 0.306. The Morgan fingerprint density at radius 2 is 1.50 bits per heavy atom. The summed E-state index contributed by atoms with van der Waals surface area (Å²) >= 11 is 6.70. The van der Waals surface area contributed by atoms with Crippen molar-refractivity contribution < 1.29 is 14.3 Å². The lowest BCUT2D eigenvalue weighted by Gasteiger charge is -2.11. The van der Waals surface area contributed by atoms with Crippen LogP contribution < -0.4 is 4.74 Å². The summed E-state index contributed by atoms with van der Waals surface area (Å²) in [6, 6.07) is 27.8. The average Bonchev–Trinajstić information content (AvgIpc) is 2.96. The maximum Gasteiger partial charge on any atom is 0.330 e. The lowest BCUT2D eigenvalue weighted by Crippen LogP contribution is -2.04. The maximum absolute atomic E-state index is 11.1. The van der Waals surface area contributed by atoms with E-state index in [0.29, 0.717) is 13.2 Å². The molecule has 0 N–H and O–H groups in total. The van der Waals surface area contributed by atoms with Gasteiger partial charge in [0.1, 0.15) is 5.75 Å². The first kappa shape index (κ1) is 29.4. The number of halogens is 1. The molecule has 0 amide bonds. The first-order chi connectivity index (χ1) is 19.4. The van der Waals surface area contributed by atoms with E-state index < -0.39 is 0 Å². The molecule has 0 heterocycles. The highest BCUT2D eigenvalue weighted by Gasteiger charge is 2.07. The van der Waals surface area contributed by atoms with Crippen LogP contribution in [-0.4, -0.2) is 19.2 Å². The maximum atomic E-state index is 11.1. The number of esters is 1. The van der Waals surface area contributed by atoms with Crippen molar-refractivity contribution in [3.63, 3.8) is 0 Å². The summed E-state index contributed by atoms with van der Waals surface area (Å²) in [6.45, 7) is 8.91. The summed E-state index contributed by atoms with van der Waals surface area (Å²) in [5.41, 5.74) is 5.85. The van der Waals surface area contributed by atoms with Crippen molar-refractivity contribution >= 4 is 28.3 Å². The largest absolute Gasteiger partial charge is 0.494 e. The van der Waals surface area contributed by atoms with Gasteiger partial charge < -0.3 is 9.47 Å². The molecule has 0 aliphatic carbocycles. The summed E-state index contributed by atoms with van der Waals surface area (Å²) in [5.74, 6) is 1.22. The molecule has 0 radical (unpaired) electrons. The van der Waals surface area contributed by atoms with E-state index in [1.165, 1.54) is 42.0 Å². The Balaban J connectivity index is 1.34. The SMILES string of the molecule is C=CC(=O)OCCCCOc1ccc2cc(-c3ccc(-c4ccc(CCCCC(C)C)cc4Cl)cc3)ccc2c1. The highest BCUT2D eigenvalue weighted by atomic mass is 35.5. The first-order valence-corrected chi connectivity index (χ1v) is 14.7. The van der Waals surface area contributed by atoms with E-state index in [1.807, 2.05) is 6.07 Å². The monoisotopic (exact) mass is 554 g/mol. The first-order valence-electron chi connectivity index (χ1n) is 14.3. The normalized spacial score (nSPS) is 11.1. The zero-order chi connectivity index (χ0) is 28.3. The second kappa shape index (κ2) is 14.7. The van der Waals surface area contributed by atoms with Crippen molar-refractivity contribution in [3.8, 4) is 28.0 Å². The number of rotatable bonds is 14. The Morgan fingerprint density at radius 3 is 2.25 bits per heavy atom. The molecule has 0 saturated carbocycles. The van der Waals surface area contributed by atoms with Gasteiger partial charge in [0.2, 0.25) is 0 Å². The molecule has 0 fully saturated rings. The van der Waals surface area contributed by atoms with Crippen LogP contribution in [0.3, 0.4) is 0 Å². The number of unbranched alkanes of at least 4 members (excludes halogenated alkanes) is 2. The minimum Gasteiger partial charge on any atom is -0.494 e. The summed E-state index contributed by atoms with van der Waals surface area (Å²) in [6.07, 6.45) is 7.58. The number of benzene rings is 4. The molecule has 208 valence electrons. The second-order valence-electron chi connectivity index (χ2n) is 10.7. The van der Waals surface area contributed by atoms with Crippen LogP contribution in [0.1, 0.15) is 51.5 Å². The smallest absolute Gasteiger partial charge is 0.330 e. The average molecular weight is 555 g/mol. The molecule has 0 aliphatic rings. The van der Waals surface area contributed by atoms with Crippen LogP contribution in [0.15, 0.2) is 91.5 Å². The molecule has 4 aromatic carbocycles. The molecule has 0 aliphatic heterocycles. The van der Waals surface area contributed by atoms with Gasteiger partial charge in [-0.2, -0.15) is 0 Å². The van der Waals surface area contributed by atoms with Crippen LogP contribution in [0, 0.1) is 5.92 Å². The van der Waals surface area contributed by atoms with Gasteiger partial charge in [0.15, 0.2) is 0 Å². The molecule has 0 saturated heterocycles. The van der Waals surface area contributed by atoms with Gasteiger partial charge in [0.25, 0.3) is 0 Å². The number of aryl methyl sites for hydroxylation is 1. The molecule has 0 atom stereocenters. The summed E-state index contributed by atoms with van der Waals surface area (Å²) in [7, 11) is 0. The van der Waals surface area contributed by atoms with Gasteiger partial charge >= 0.3 is 5.97 Å². The number of carbonyl (C=O) groups is 1. The standard InChI is InChI=1S/C36H39ClO3/c1-4-36(38)40-22-8-7-21-39-33-19-18-31-24-30(16-17-32(31)25-33)28-12-14-29(15-13-28)34-20-11-27(23-35(34)37)10-6-5-9-26(2)3/h4,11-20,23-26H,1,5-10,21-22H2,2-3H3. The molecule has 3 nitrogen and oxygen atoms in total. The van der Waals surface area contributed by atoms with Crippen molar-refractivity contribution in [2.24, 2.45) is 5.92 Å². The molecule has 0 unspecified atom stereocenters. The number of ether oxygens (including phenoxy) is 2. The zero-order valence-corrected chi connectivity index (χ0v) is 24.4. The lowest BCUT2D eigenvalue weighted by atomic mass is 9.97. The van der Waals surface area contributed by atoms with E-state index >= 15 is 0 Å². The molecule has 0 aromatic heterocycles. The van der Waals surface area contributed by atoms with E-state index in [2.05, 4.69) is 93.2 Å². The Morgan fingerprint density at radius 1 is 0.800 bits per heavy atom. The quantitative estimate of drug-likeness (QED) is 0.0883. The molecule has 4 aromatic rings. The van der Waals surface area contributed by atoms with E-state index in [-0.39, 0.29) is 5.97 Å². The topological polar surface area (TPSA) is 35.5 Å². The molecular weight excluding hydrogens is 516 g/mol. The third-order valence-corrected chi connectivity index (χ3v) is 7.40. The van der Waals surface area contributed by atoms with Crippen LogP contribution >= 0.6 is 11.6 Å². The fourth-order valence-electron chi connectivity index (χ4n) is 4.79. The number of fused-ring (bicyclic) bond motifs is 1. The van der Waals surface area contributed by atoms with Gasteiger partial charge in [-0.25, -0.2) is 4.79 Å². The van der Waals surface area contributed by atoms with Gasteiger partial charge in [-0.05, 0) is 88.9 Å². The van der Waals surface area contributed by atoms with Crippen LogP contribution in [0.5, 0.6) is 5.75 Å². The van der Waals surface area contributed by atoms with E-state index in [9.17, 15) is 4.79 Å². The van der Waals surface area contributed by atoms with Crippen molar-refractivity contribution in [1.82, 2.24) is 0 Å². The Labute approximate surface area is 243 Å². The minimum absolute atomic E-state index is 0.383. The van der Waals surface area contributed by atoms with E-state index in [4.69, 9.17) is 21.1 Å². The van der Waals surface area contributed by atoms with E-state index in [0.717, 1.165) is 57.9 Å². The molecular formula is C36H39ClO3. The Kier molecular flexibility index (Phi) is 10.8. The van der Waals surface area contributed by atoms with Crippen molar-refractivity contribution in [2.75, 3.05) is 13.2 Å². The molecule has 0 bridgehead atoms. The molecule has 40 heavy (non-hydrogen) atoms. The third kappa shape index (κ3) is 8.47.